The fraction of sp³-hybridized carbons (Fsp3) is 0.294. The fourth-order valence-corrected chi connectivity index (χ4v) is 5.88. The smallest absolute Gasteiger partial charge is 0.340 e. The van der Waals surface area contributed by atoms with E-state index >= 15 is 0 Å². The second-order valence-electron chi connectivity index (χ2n) is 10.9. The van der Waals surface area contributed by atoms with Crippen LogP contribution < -0.4 is 14.4 Å². The van der Waals surface area contributed by atoms with Crippen molar-refractivity contribution in [1.29, 1.82) is 0 Å². The van der Waals surface area contributed by atoms with Crippen molar-refractivity contribution in [1.82, 2.24) is 14.5 Å². The van der Waals surface area contributed by atoms with Crippen molar-refractivity contribution in [3.05, 3.63) is 83.7 Å². The Kier molecular flexibility index (Phi) is 7.90. The molecule has 0 atom stereocenters. The van der Waals surface area contributed by atoms with Gasteiger partial charge >= 0.3 is 5.97 Å². The molecule has 0 radical (unpaired) electrons. The molecule has 222 valence electrons. The molecular weight excluding hydrogens is 547 g/mol. The van der Waals surface area contributed by atoms with Gasteiger partial charge in [0.25, 0.3) is 0 Å². The third-order valence-corrected chi connectivity index (χ3v) is 8.23. The summed E-state index contributed by atoms with van der Waals surface area (Å²) in [7, 11) is 6.59. The van der Waals surface area contributed by atoms with Gasteiger partial charge in [0, 0.05) is 42.8 Å². The molecule has 0 N–H and O–H groups in total. The SMILES string of the molecule is COC(=O)c1cc(-c2ccc(OC)c(F)c2)nc2c3ccc(N4CCCN(C)CC4)cc3n(Cc3ccc(OC)cc3)c12. The van der Waals surface area contributed by atoms with E-state index in [0.717, 1.165) is 60.5 Å². The number of carbonyl (C=O) groups excluding carboxylic acids is 1. The lowest BCUT2D eigenvalue weighted by atomic mass is 10.1. The average Bonchev–Trinajstić information content (AvgIpc) is 3.16. The van der Waals surface area contributed by atoms with Gasteiger partial charge in [-0.15, -0.1) is 0 Å². The zero-order valence-electron chi connectivity index (χ0n) is 24.9. The van der Waals surface area contributed by atoms with Crippen LogP contribution >= 0.6 is 0 Å². The summed E-state index contributed by atoms with van der Waals surface area (Å²) in [6.07, 6.45) is 1.08. The number of likely N-dealkylation sites (N-methyl/N-ethyl adjacent to an activating group) is 1. The van der Waals surface area contributed by atoms with Crippen molar-refractivity contribution in [3.63, 3.8) is 0 Å². The number of esters is 1. The Labute approximate surface area is 250 Å². The standard InChI is InChI=1S/C34H35FN4O4/c1-37-14-5-15-38(17-16-37)24-9-12-26-30(19-24)39(21-22-6-10-25(41-2)11-7-22)33-27(34(40)43-4)20-29(36-32(26)33)23-8-13-31(42-3)28(35)18-23/h6-13,18-20H,5,14-17,21H2,1-4H3. The van der Waals surface area contributed by atoms with Crippen LogP contribution in [0, 0.1) is 5.82 Å². The van der Waals surface area contributed by atoms with Crippen LogP contribution in [0.15, 0.2) is 66.7 Å². The van der Waals surface area contributed by atoms with E-state index in [-0.39, 0.29) is 5.75 Å². The van der Waals surface area contributed by atoms with Crippen molar-refractivity contribution in [2.75, 3.05) is 59.5 Å². The molecule has 0 saturated carbocycles. The average molecular weight is 583 g/mol. The largest absolute Gasteiger partial charge is 0.497 e. The number of carbonyl (C=O) groups is 1. The zero-order valence-corrected chi connectivity index (χ0v) is 24.9. The highest BCUT2D eigenvalue weighted by Crippen LogP contribution is 2.37. The molecule has 0 spiro atoms. The molecule has 43 heavy (non-hydrogen) atoms. The molecule has 8 nitrogen and oxygen atoms in total. The third-order valence-electron chi connectivity index (χ3n) is 8.23. The summed E-state index contributed by atoms with van der Waals surface area (Å²) in [4.78, 5) is 23.1. The maximum Gasteiger partial charge on any atom is 0.340 e. The predicted molar refractivity (Wildman–Crippen MR) is 167 cm³/mol. The minimum Gasteiger partial charge on any atom is -0.497 e. The first-order chi connectivity index (χ1) is 20.9. The van der Waals surface area contributed by atoms with Gasteiger partial charge in [-0.1, -0.05) is 12.1 Å². The van der Waals surface area contributed by atoms with Gasteiger partial charge in [0.15, 0.2) is 11.6 Å². The first-order valence-electron chi connectivity index (χ1n) is 14.4. The van der Waals surface area contributed by atoms with Crippen LogP contribution in [-0.2, 0) is 11.3 Å². The second-order valence-corrected chi connectivity index (χ2v) is 10.9. The number of pyridine rings is 1. The van der Waals surface area contributed by atoms with Gasteiger partial charge in [0.2, 0.25) is 0 Å². The van der Waals surface area contributed by atoms with Crippen molar-refractivity contribution < 1.29 is 23.4 Å². The highest BCUT2D eigenvalue weighted by atomic mass is 19.1. The van der Waals surface area contributed by atoms with E-state index in [2.05, 4.69) is 39.6 Å². The zero-order chi connectivity index (χ0) is 30.1. The van der Waals surface area contributed by atoms with E-state index < -0.39 is 11.8 Å². The van der Waals surface area contributed by atoms with E-state index in [9.17, 15) is 9.18 Å². The van der Waals surface area contributed by atoms with Gasteiger partial charge in [0.1, 0.15) is 5.75 Å². The summed E-state index contributed by atoms with van der Waals surface area (Å²) in [5.41, 5.74) is 5.81. The quantitative estimate of drug-likeness (QED) is 0.219. The number of halogens is 1. The molecule has 9 heteroatoms. The van der Waals surface area contributed by atoms with Crippen LogP contribution in [0.1, 0.15) is 22.3 Å². The van der Waals surface area contributed by atoms with Crippen LogP contribution in [0.2, 0.25) is 0 Å². The number of hydrogen-bond donors (Lipinski definition) is 0. The molecule has 3 aromatic carbocycles. The predicted octanol–water partition coefficient (Wildman–Crippen LogP) is 5.99. The Morgan fingerprint density at radius 3 is 2.44 bits per heavy atom. The normalized spacial score (nSPS) is 14.2. The van der Waals surface area contributed by atoms with Crippen molar-refractivity contribution >= 4 is 33.6 Å². The molecule has 1 fully saturated rings. The summed E-state index contributed by atoms with van der Waals surface area (Å²) in [5.74, 6) is -0.0811. The highest BCUT2D eigenvalue weighted by molar-refractivity contribution is 6.14. The molecule has 2 aromatic heterocycles. The maximum atomic E-state index is 14.7. The monoisotopic (exact) mass is 582 g/mol. The maximum absolute atomic E-state index is 14.7. The van der Waals surface area contributed by atoms with Gasteiger partial charge in [-0.25, -0.2) is 14.2 Å². The third kappa shape index (κ3) is 5.48. The molecule has 1 saturated heterocycles. The number of fused-ring (bicyclic) bond motifs is 3. The molecule has 1 aliphatic rings. The number of anilines is 1. The number of rotatable bonds is 7. The van der Waals surface area contributed by atoms with E-state index in [4.69, 9.17) is 19.2 Å². The highest BCUT2D eigenvalue weighted by Gasteiger charge is 2.24. The molecule has 0 unspecified atom stereocenters. The van der Waals surface area contributed by atoms with Crippen molar-refractivity contribution in [3.8, 4) is 22.8 Å². The van der Waals surface area contributed by atoms with Crippen molar-refractivity contribution in [2.24, 2.45) is 0 Å². The van der Waals surface area contributed by atoms with Crippen LogP contribution in [0.25, 0.3) is 33.2 Å². The molecule has 5 aromatic rings. The number of nitrogens with zero attached hydrogens (tertiary/aromatic N) is 4. The number of aromatic nitrogens is 2. The Bertz CT molecular complexity index is 1800. The van der Waals surface area contributed by atoms with E-state index in [1.807, 2.05) is 24.3 Å². The summed E-state index contributed by atoms with van der Waals surface area (Å²) < 4.78 is 32.6. The van der Waals surface area contributed by atoms with Crippen LogP contribution in [0.4, 0.5) is 10.1 Å². The molecule has 3 heterocycles. The van der Waals surface area contributed by atoms with Gasteiger partial charge in [0.05, 0.1) is 49.1 Å². The van der Waals surface area contributed by atoms with Crippen LogP contribution in [-0.4, -0.2) is 75.0 Å². The number of methoxy groups -OCH3 is 3. The second kappa shape index (κ2) is 11.9. The number of hydrogen-bond acceptors (Lipinski definition) is 7. The Balaban J connectivity index is 1.59. The Hall–Kier alpha value is -4.63. The topological polar surface area (TPSA) is 69.1 Å². The molecular formula is C34H35FN4O4. The first-order valence-corrected chi connectivity index (χ1v) is 14.4. The Morgan fingerprint density at radius 2 is 1.72 bits per heavy atom. The molecule has 1 aliphatic heterocycles. The van der Waals surface area contributed by atoms with Crippen LogP contribution in [0.3, 0.4) is 0 Å². The van der Waals surface area contributed by atoms with Gasteiger partial charge in [-0.05, 0) is 80.2 Å². The Morgan fingerprint density at radius 1 is 0.907 bits per heavy atom. The van der Waals surface area contributed by atoms with Gasteiger partial charge < -0.3 is 28.6 Å². The first kappa shape index (κ1) is 28.5. The lowest BCUT2D eigenvalue weighted by molar-refractivity contribution is 0.0602. The number of benzene rings is 3. The summed E-state index contributed by atoms with van der Waals surface area (Å²) in [5, 5.41) is 0.903. The van der Waals surface area contributed by atoms with Gasteiger partial charge in [-0.3, -0.25) is 0 Å². The molecule has 0 bridgehead atoms. The lowest BCUT2D eigenvalue weighted by Gasteiger charge is -2.23. The number of ether oxygens (including phenoxy) is 3. The minimum atomic E-state index is -0.504. The fourth-order valence-electron chi connectivity index (χ4n) is 5.88. The molecule has 0 aliphatic carbocycles. The van der Waals surface area contributed by atoms with Crippen LogP contribution in [0.5, 0.6) is 11.5 Å². The summed E-state index contributed by atoms with van der Waals surface area (Å²) >= 11 is 0. The molecule has 6 rings (SSSR count). The van der Waals surface area contributed by atoms with E-state index in [1.54, 1.807) is 25.3 Å². The lowest BCUT2D eigenvalue weighted by Crippen LogP contribution is -2.28. The summed E-state index contributed by atoms with van der Waals surface area (Å²) in [6.45, 7) is 4.45. The summed E-state index contributed by atoms with van der Waals surface area (Å²) in [6, 6.07) is 20.7. The van der Waals surface area contributed by atoms with Crippen molar-refractivity contribution in [2.45, 2.75) is 13.0 Å². The van der Waals surface area contributed by atoms with E-state index in [0.29, 0.717) is 34.4 Å². The molecule has 0 amide bonds. The van der Waals surface area contributed by atoms with E-state index in [1.165, 1.54) is 20.3 Å². The van der Waals surface area contributed by atoms with Gasteiger partial charge in [-0.2, -0.15) is 0 Å². The minimum absolute atomic E-state index is 0.140.